The molecule has 5 heteroatoms. The number of allylic oxidation sites excluding steroid dienone is 1. The van der Waals surface area contributed by atoms with E-state index in [1.165, 1.54) is 0 Å². The third kappa shape index (κ3) is 1.83. The topological polar surface area (TPSA) is 49.3 Å². The summed E-state index contributed by atoms with van der Waals surface area (Å²) in [7, 11) is 6.34. The molecule has 0 amide bonds. The molecule has 100 valence electrons. The van der Waals surface area contributed by atoms with Crippen molar-refractivity contribution in [2.24, 2.45) is 4.99 Å². The molecule has 0 radical (unpaired) electrons. The van der Waals surface area contributed by atoms with Crippen LogP contribution in [0.15, 0.2) is 28.2 Å². The Labute approximate surface area is 107 Å². The molecule has 1 aliphatic carbocycles. The molecule has 0 spiro atoms. The Morgan fingerprint density at radius 2 is 1.83 bits per heavy atom. The van der Waals surface area contributed by atoms with Gasteiger partial charge in [0.1, 0.15) is 5.71 Å². The van der Waals surface area contributed by atoms with Crippen LogP contribution < -0.4 is 0 Å². The Morgan fingerprint density at radius 3 is 2.39 bits per heavy atom. The first-order chi connectivity index (χ1) is 8.72. The molecule has 0 unspecified atom stereocenters. The van der Waals surface area contributed by atoms with E-state index in [9.17, 15) is 0 Å². The third-order valence-corrected chi connectivity index (χ3v) is 3.30. The number of aliphatic imine (C=N–C) groups is 1. The van der Waals surface area contributed by atoms with Crippen LogP contribution in [0.2, 0.25) is 0 Å². The fourth-order valence-corrected chi connectivity index (χ4v) is 2.41. The Kier molecular flexibility index (Phi) is 3.73. The monoisotopic (exact) mass is 253 g/mol. The van der Waals surface area contributed by atoms with Gasteiger partial charge in [-0.1, -0.05) is 0 Å². The van der Waals surface area contributed by atoms with Crippen molar-refractivity contribution in [3.05, 3.63) is 23.2 Å². The van der Waals surface area contributed by atoms with Crippen LogP contribution >= 0.6 is 0 Å². The van der Waals surface area contributed by atoms with Gasteiger partial charge < -0.3 is 18.9 Å². The Hall–Kier alpha value is -1.33. The number of hydrogen-bond donors (Lipinski definition) is 0. The Bertz CT molecular complexity index is 419. The number of nitrogens with zero attached hydrogens (tertiary/aromatic N) is 1. The summed E-state index contributed by atoms with van der Waals surface area (Å²) in [5.41, 5.74) is 1.94. The first kappa shape index (κ1) is 13.1. The summed E-state index contributed by atoms with van der Waals surface area (Å²) in [5, 5.41) is 0. The molecule has 0 bridgehead atoms. The van der Waals surface area contributed by atoms with E-state index in [4.69, 9.17) is 18.9 Å². The number of rotatable bonds is 4. The molecule has 0 atom stereocenters. The predicted molar refractivity (Wildman–Crippen MR) is 67.4 cm³/mol. The molecule has 0 aromatic carbocycles. The maximum absolute atomic E-state index is 5.50. The maximum Gasteiger partial charge on any atom is 0.252 e. The van der Waals surface area contributed by atoms with Crippen LogP contribution in [0.3, 0.4) is 0 Å². The second-order valence-electron chi connectivity index (χ2n) is 4.15. The van der Waals surface area contributed by atoms with Crippen LogP contribution in [0, 0.1) is 0 Å². The first-order valence-corrected chi connectivity index (χ1v) is 5.92. The first-order valence-electron chi connectivity index (χ1n) is 5.92. The van der Waals surface area contributed by atoms with Crippen molar-refractivity contribution in [3.8, 4) is 0 Å². The zero-order valence-electron chi connectivity index (χ0n) is 11.3. The van der Waals surface area contributed by atoms with Gasteiger partial charge in [-0.2, -0.15) is 0 Å². The summed E-state index contributed by atoms with van der Waals surface area (Å²) in [4.78, 5) is 4.51. The molecule has 0 fully saturated rings. The van der Waals surface area contributed by atoms with Crippen molar-refractivity contribution in [2.45, 2.75) is 18.6 Å². The molecule has 2 aliphatic rings. The quantitative estimate of drug-likeness (QED) is 0.715. The third-order valence-electron chi connectivity index (χ3n) is 3.30. The number of ether oxygens (including phenoxy) is 4. The van der Waals surface area contributed by atoms with Crippen LogP contribution in [0.5, 0.6) is 0 Å². The van der Waals surface area contributed by atoms with Gasteiger partial charge in [-0.25, -0.2) is 0 Å². The minimum Gasteiger partial charge on any atom is -0.492 e. The highest BCUT2D eigenvalue weighted by Crippen LogP contribution is 2.37. The number of methoxy groups -OCH3 is 4. The number of fused-ring (bicyclic) bond motifs is 1. The lowest BCUT2D eigenvalue weighted by Crippen LogP contribution is -2.41. The summed E-state index contributed by atoms with van der Waals surface area (Å²) >= 11 is 0. The highest BCUT2D eigenvalue weighted by atomic mass is 16.7. The SMILES string of the molecule is COC1=C(OC)C(OC)(OC)C=C2CCCN=C21. The van der Waals surface area contributed by atoms with Crippen molar-refractivity contribution in [1.82, 2.24) is 0 Å². The molecule has 2 rings (SSSR count). The minimum absolute atomic E-state index is 0.499. The second kappa shape index (κ2) is 5.12. The normalized spacial score (nSPS) is 22.0. The molecular weight excluding hydrogens is 234 g/mol. The summed E-state index contributed by atoms with van der Waals surface area (Å²) in [6.07, 6.45) is 3.89. The average Bonchev–Trinajstić information content (AvgIpc) is 2.44. The van der Waals surface area contributed by atoms with Crippen molar-refractivity contribution in [1.29, 1.82) is 0 Å². The lowest BCUT2D eigenvalue weighted by molar-refractivity contribution is -0.169. The van der Waals surface area contributed by atoms with E-state index >= 15 is 0 Å². The summed E-state index contributed by atoms with van der Waals surface area (Å²) in [6, 6.07) is 0. The van der Waals surface area contributed by atoms with E-state index in [1.54, 1.807) is 28.4 Å². The highest BCUT2D eigenvalue weighted by molar-refractivity contribution is 6.13. The molecular formula is C13H19NO4. The van der Waals surface area contributed by atoms with E-state index < -0.39 is 5.79 Å². The van der Waals surface area contributed by atoms with Crippen LogP contribution in [0.25, 0.3) is 0 Å². The fraction of sp³-hybridized carbons (Fsp3) is 0.615. The van der Waals surface area contributed by atoms with Crippen molar-refractivity contribution in [3.63, 3.8) is 0 Å². The Morgan fingerprint density at radius 1 is 1.11 bits per heavy atom. The second-order valence-corrected chi connectivity index (χ2v) is 4.15. The molecule has 0 aromatic heterocycles. The summed E-state index contributed by atoms with van der Waals surface area (Å²) in [5.74, 6) is 0.0731. The molecule has 18 heavy (non-hydrogen) atoms. The van der Waals surface area contributed by atoms with Gasteiger partial charge in [0.2, 0.25) is 5.76 Å². The molecule has 0 saturated carbocycles. The van der Waals surface area contributed by atoms with Gasteiger partial charge in [-0.15, -0.1) is 0 Å². The summed E-state index contributed by atoms with van der Waals surface area (Å²) in [6.45, 7) is 0.809. The van der Waals surface area contributed by atoms with Gasteiger partial charge in [-0.3, -0.25) is 4.99 Å². The summed E-state index contributed by atoms with van der Waals surface area (Å²) < 4.78 is 21.9. The lowest BCUT2D eigenvalue weighted by Gasteiger charge is -2.35. The van der Waals surface area contributed by atoms with Crippen LogP contribution in [0.1, 0.15) is 12.8 Å². The maximum atomic E-state index is 5.50. The smallest absolute Gasteiger partial charge is 0.252 e. The predicted octanol–water partition coefficient (Wildman–Crippen LogP) is 1.65. The molecule has 1 heterocycles. The highest BCUT2D eigenvalue weighted by Gasteiger charge is 2.43. The average molecular weight is 253 g/mol. The van der Waals surface area contributed by atoms with Crippen LogP contribution in [-0.4, -0.2) is 46.5 Å². The van der Waals surface area contributed by atoms with Gasteiger partial charge in [0.25, 0.3) is 5.79 Å². The molecule has 5 nitrogen and oxygen atoms in total. The van der Waals surface area contributed by atoms with Crippen LogP contribution in [-0.2, 0) is 18.9 Å². The molecule has 1 aliphatic heterocycles. The van der Waals surface area contributed by atoms with E-state index in [0.29, 0.717) is 11.5 Å². The Balaban J connectivity index is 2.59. The minimum atomic E-state index is -1.02. The van der Waals surface area contributed by atoms with Gasteiger partial charge >= 0.3 is 0 Å². The van der Waals surface area contributed by atoms with Crippen molar-refractivity contribution >= 4 is 5.71 Å². The van der Waals surface area contributed by atoms with Gasteiger partial charge in [0.05, 0.1) is 14.2 Å². The molecule has 0 N–H and O–H groups in total. The van der Waals surface area contributed by atoms with E-state index in [0.717, 1.165) is 30.7 Å². The van der Waals surface area contributed by atoms with Crippen molar-refractivity contribution in [2.75, 3.05) is 35.0 Å². The van der Waals surface area contributed by atoms with Gasteiger partial charge in [-0.05, 0) is 24.5 Å². The fourth-order valence-electron chi connectivity index (χ4n) is 2.41. The van der Waals surface area contributed by atoms with Crippen LogP contribution in [0.4, 0.5) is 0 Å². The van der Waals surface area contributed by atoms with E-state index in [-0.39, 0.29) is 0 Å². The van der Waals surface area contributed by atoms with Gasteiger partial charge in [0, 0.05) is 20.8 Å². The zero-order valence-corrected chi connectivity index (χ0v) is 11.3. The van der Waals surface area contributed by atoms with E-state index in [2.05, 4.69) is 4.99 Å². The standard InChI is InChI=1S/C13H19NO4/c1-15-11-10-9(6-5-7-14-10)8-13(17-3,18-4)12(11)16-2/h8H,5-7H2,1-4H3. The molecule has 0 aromatic rings. The molecule has 0 saturated heterocycles. The largest absolute Gasteiger partial charge is 0.492 e. The van der Waals surface area contributed by atoms with E-state index in [1.807, 2.05) is 6.08 Å². The van der Waals surface area contributed by atoms with Gasteiger partial charge in [0.15, 0.2) is 5.76 Å². The van der Waals surface area contributed by atoms with Crippen molar-refractivity contribution < 1.29 is 18.9 Å². The number of hydrogen-bond acceptors (Lipinski definition) is 5. The lowest BCUT2D eigenvalue weighted by atomic mass is 9.91. The zero-order chi connectivity index (χ0) is 13.2.